The van der Waals surface area contributed by atoms with Gasteiger partial charge in [0, 0.05) is 13.1 Å². The van der Waals surface area contributed by atoms with E-state index in [0.29, 0.717) is 26.1 Å². The van der Waals surface area contributed by atoms with E-state index in [-0.39, 0.29) is 26.3 Å². The smallest absolute Gasteiger partial charge is 0.323 e. The fourth-order valence-electron chi connectivity index (χ4n) is 3.36. The molecule has 2 rings (SSSR count). The van der Waals surface area contributed by atoms with Crippen LogP contribution in [0.5, 0.6) is 0 Å². The number of carboxylic acid groups (broad SMARTS) is 2. The van der Waals surface area contributed by atoms with Crippen LogP contribution >= 0.6 is 0 Å². The third kappa shape index (κ3) is 8.76. The maximum Gasteiger partial charge on any atom is 0.323 e. The minimum Gasteiger partial charge on any atom is -0.480 e. The van der Waals surface area contributed by atoms with Crippen molar-refractivity contribution >= 4 is 11.9 Å². The zero-order valence-electron chi connectivity index (χ0n) is 18.1. The predicted molar refractivity (Wildman–Crippen MR) is 121 cm³/mol. The maximum atomic E-state index is 11.9. The van der Waals surface area contributed by atoms with Crippen molar-refractivity contribution in [1.29, 1.82) is 0 Å². The first-order valence-corrected chi connectivity index (χ1v) is 10.7. The molecule has 0 aliphatic carbocycles. The molecule has 0 radical (unpaired) electrons. The molecule has 0 amide bonds. The first-order valence-electron chi connectivity index (χ1n) is 10.7. The summed E-state index contributed by atoms with van der Waals surface area (Å²) in [7, 11) is 0. The molecule has 2 aromatic rings. The summed E-state index contributed by atoms with van der Waals surface area (Å²) < 4.78 is 11.2. The Morgan fingerprint density at radius 2 is 1.19 bits per heavy atom. The lowest BCUT2D eigenvalue weighted by atomic mass is 10.1. The zero-order chi connectivity index (χ0) is 23.2. The molecule has 8 nitrogen and oxygen atoms in total. The van der Waals surface area contributed by atoms with Gasteiger partial charge < -0.3 is 25.4 Å². The highest BCUT2D eigenvalue weighted by Crippen LogP contribution is 2.10. The standard InChI is InChI=1S/C24H32N2O6/c25-13-14-26(21(23(27)28)17-31-15-11-19-7-3-1-4-8-19)22(24(29)30)18-32-16-12-20-9-5-2-6-10-20/h1-10,21-22H,11-18,25H2,(H,27,28)(H,29,30). The van der Waals surface area contributed by atoms with Crippen molar-refractivity contribution in [3.8, 4) is 0 Å². The number of nitrogens with zero attached hydrogens (tertiary/aromatic N) is 1. The van der Waals surface area contributed by atoms with Crippen molar-refractivity contribution in [1.82, 2.24) is 4.90 Å². The molecule has 4 N–H and O–H groups in total. The van der Waals surface area contributed by atoms with Crippen molar-refractivity contribution < 1.29 is 29.3 Å². The summed E-state index contributed by atoms with van der Waals surface area (Å²) in [5.74, 6) is -2.32. The first kappa shape index (κ1) is 25.5. The van der Waals surface area contributed by atoms with Gasteiger partial charge in [0.15, 0.2) is 0 Å². The van der Waals surface area contributed by atoms with Gasteiger partial charge in [-0.1, -0.05) is 60.7 Å². The van der Waals surface area contributed by atoms with Crippen molar-refractivity contribution in [3.05, 3.63) is 71.8 Å². The van der Waals surface area contributed by atoms with Crippen LogP contribution in [0.25, 0.3) is 0 Å². The van der Waals surface area contributed by atoms with Crippen LogP contribution in [0, 0.1) is 0 Å². The van der Waals surface area contributed by atoms with Gasteiger partial charge >= 0.3 is 11.9 Å². The Bertz CT molecular complexity index is 737. The molecule has 32 heavy (non-hydrogen) atoms. The Kier molecular flexibility index (Phi) is 11.4. The third-order valence-corrected chi connectivity index (χ3v) is 5.07. The topological polar surface area (TPSA) is 122 Å². The minimum absolute atomic E-state index is 0.0953. The Labute approximate surface area is 188 Å². The minimum atomic E-state index is -1.16. The number of carbonyl (C=O) groups is 2. The van der Waals surface area contributed by atoms with Crippen LogP contribution in [0.3, 0.4) is 0 Å². The van der Waals surface area contributed by atoms with Crippen LogP contribution in [0.2, 0.25) is 0 Å². The quantitative estimate of drug-likeness (QED) is 0.334. The zero-order valence-corrected chi connectivity index (χ0v) is 18.1. The van der Waals surface area contributed by atoms with Crippen molar-refractivity contribution in [3.63, 3.8) is 0 Å². The molecule has 0 heterocycles. The number of hydrogen-bond donors (Lipinski definition) is 3. The van der Waals surface area contributed by atoms with E-state index in [9.17, 15) is 19.8 Å². The number of ether oxygens (including phenoxy) is 2. The first-order chi connectivity index (χ1) is 15.5. The van der Waals surface area contributed by atoms with E-state index in [2.05, 4.69) is 0 Å². The van der Waals surface area contributed by atoms with Gasteiger partial charge in [-0.2, -0.15) is 0 Å². The van der Waals surface area contributed by atoms with E-state index in [1.807, 2.05) is 60.7 Å². The average molecular weight is 445 g/mol. The van der Waals surface area contributed by atoms with Crippen LogP contribution < -0.4 is 5.73 Å². The summed E-state index contributed by atoms with van der Waals surface area (Å²) in [5, 5.41) is 19.5. The second-order valence-electron chi connectivity index (χ2n) is 7.36. The van der Waals surface area contributed by atoms with Crippen LogP contribution in [-0.4, -0.2) is 78.7 Å². The number of hydrogen-bond acceptors (Lipinski definition) is 6. The summed E-state index contributed by atoms with van der Waals surface area (Å²) >= 11 is 0. The molecule has 0 spiro atoms. The monoisotopic (exact) mass is 444 g/mol. The fourth-order valence-corrected chi connectivity index (χ4v) is 3.36. The maximum absolute atomic E-state index is 11.9. The third-order valence-electron chi connectivity index (χ3n) is 5.07. The van der Waals surface area contributed by atoms with E-state index < -0.39 is 24.0 Å². The normalized spacial score (nSPS) is 13.1. The highest BCUT2D eigenvalue weighted by molar-refractivity contribution is 5.77. The van der Waals surface area contributed by atoms with Crippen LogP contribution in [0.1, 0.15) is 11.1 Å². The summed E-state index contributed by atoms with van der Waals surface area (Å²) in [6, 6.07) is 17.1. The number of benzene rings is 2. The van der Waals surface area contributed by atoms with Crippen LogP contribution in [0.15, 0.2) is 60.7 Å². The van der Waals surface area contributed by atoms with E-state index in [1.165, 1.54) is 4.90 Å². The molecule has 0 saturated carbocycles. The molecule has 8 heteroatoms. The molecule has 0 fully saturated rings. The van der Waals surface area contributed by atoms with Crippen LogP contribution in [0.4, 0.5) is 0 Å². The van der Waals surface area contributed by atoms with Gasteiger partial charge in [-0.15, -0.1) is 0 Å². The molecule has 2 aromatic carbocycles. The molecule has 0 aliphatic heterocycles. The van der Waals surface area contributed by atoms with E-state index in [4.69, 9.17) is 15.2 Å². The van der Waals surface area contributed by atoms with Gasteiger partial charge in [-0.05, 0) is 24.0 Å². The molecule has 174 valence electrons. The van der Waals surface area contributed by atoms with Gasteiger partial charge in [0.2, 0.25) is 0 Å². The molecule has 0 saturated heterocycles. The molecule has 2 atom stereocenters. The average Bonchev–Trinajstić information content (AvgIpc) is 2.79. The molecule has 0 aromatic heterocycles. The molecule has 0 aliphatic rings. The van der Waals surface area contributed by atoms with Crippen molar-refractivity contribution in [2.24, 2.45) is 5.73 Å². The summed E-state index contributed by atoms with van der Waals surface area (Å²) in [6.45, 7) is 0.580. The summed E-state index contributed by atoms with van der Waals surface area (Å²) in [5.41, 5.74) is 7.81. The number of nitrogens with two attached hydrogens (primary N) is 1. The largest absolute Gasteiger partial charge is 0.480 e. The number of aliphatic carboxylic acids is 2. The van der Waals surface area contributed by atoms with Gasteiger partial charge in [-0.25, -0.2) is 0 Å². The summed E-state index contributed by atoms with van der Waals surface area (Å²) in [6.07, 6.45) is 1.27. The molecular formula is C24H32N2O6. The lowest BCUT2D eigenvalue weighted by Gasteiger charge is -2.33. The molecule has 0 bridgehead atoms. The molecule has 2 unspecified atom stereocenters. The van der Waals surface area contributed by atoms with Crippen LogP contribution in [-0.2, 0) is 31.9 Å². The second kappa shape index (κ2) is 14.3. The van der Waals surface area contributed by atoms with Gasteiger partial charge in [0.05, 0.1) is 26.4 Å². The SMILES string of the molecule is NCCN(C(COCCc1ccccc1)C(=O)O)C(COCCc1ccccc1)C(=O)O. The van der Waals surface area contributed by atoms with E-state index in [0.717, 1.165) is 11.1 Å². The number of rotatable bonds is 16. The van der Waals surface area contributed by atoms with E-state index >= 15 is 0 Å². The number of carboxylic acids is 2. The lowest BCUT2D eigenvalue weighted by molar-refractivity contribution is -0.155. The van der Waals surface area contributed by atoms with Crippen molar-refractivity contribution in [2.45, 2.75) is 24.9 Å². The Morgan fingerprint density at radius 3 is 1.53 bits per heavy atom. The highest BCUT2D eigenvalue weighted by atomic mass is 16.5. The lowest BCUT2D eigenvalue weighted by Crippen LogP contribution is -2.56. The molecular weight excluding hydrogens is 412 g/mol. The van der Waals surface area contributed by atoms with E-state index in [1.54, 1.807) is 0 Å². The Morgan fingerprint density at radius 1 is 0.781 bits per heavy atom. The predicted octanol–water partition coefficient (Wildman–Crippen LogP) is 1.67. The highest BCUT2D eigenvalue weighted by Gasteiger charge is 2.35. The fraction of sp³-hybridized carbons (Fsp3) is 0.417. The summed E-state index contributed by atoms with van der Waals surface area (Å²) in [4.78, 5) is 25.2. The Balaban J connectivity index is 1.93. The van der Waals surface area contributed by atoms with Gasteiger partial charge in [-0.3, -0.25) is 14.5 Å². The van der Waals surface area contributed by atoms with Gasteiger partial charge in [0.25, 0.3) is 0 Å². The van der Waals surface area contributed by atoms with Gasteiger partial charge in [0.1, 0.15) is 12.1 Å². The Hall–Kier alpha value is -2.78. The van der Waals surface area contributed by atoms with Crippen molar-refractivity contribution in [2.75, 3.05) is 39.5 Å². The second-order valence-corrected chi connectivity index (χ2v) is 7.36.